The Morgan fingerprint density at radius 1 is 1.26 bits per heavy atom. The average molecular weight is 280 g/mol. The van der Waals surface area contributed by atoms with Crippen LogP contribution in [0.5, 0.6) is 0 Å². The van der Waals surface area contributed by atoms with Gasteiger partial charge in [0.2, 0.25) is 0 Å². The van der Waals surface area contributed by atoms with Crippen molar-refractivity contribution in [3.8, 4) is 0 Å². The van der Waals surface area contributed by atoms with E-state index in [9.17, 15) is 4.39 Å². The summed E-state index contributed by atoms with van der Waals surface area (Å²) in [6.45, 7) is 4.16. The third-order valence-electron chi connectivity index (χ3n) is 2.85. The van der Waals surface area contributed by atoms with Gasteiger partial charge in [-0.05, 0) is 13.0 Å². The topological polar surface area (TPSA) is 37.8 Å². The molecular formula is C14H15ClFN3. The van der Waals surface area contributed by atoms with Crippen LogP contribution in [0.15, 0.2) is 24.3 Å². The van der Waals surface area contributed by atoms with Crippen molar-refractivity contribution in [3.05, 3.63) is 52.2 Å². The molecule has 0 aliphatic carbocycles. The van der Waals surface area contributed by atoms with Crippen LogP contribution in [0, 0.1) is 12.7 Å². The van der Waals surface area contributed by atoms with Gasteiger partial charge in [0.05, 0.1) is 0 Å². The second kappa shape index (κ2) is 5.97. The lowest BCUT2D eigenvalue weighted by Crippen LogP contribution is -2.08. The van der Waals surface area contributed by atoms with Crippen LogP contribution >= 0.6 is 11.6 Å². The molecule has 1 heterocycles. The molecule has 1 aromatic carbocycles. The molecule has 0 spiro atoms. The number of rotatable bonds is 4. The number of aromatic nitrogens is 2. The molecule has 19 heavy (non-hydrogen) atoms. The van der Waals surface area contributed by atoms with E-state index in [0.29, 0.717) is 35.3 Å². The van der Waals surface area contributed by atoms with E-state index in [2.05, 4.69) is 15.3 Å². The number of nitrogens with zero attached hydrogens (tertiary/aromatic N) is 2. The van der Waals surface area contributed by atoms with Crippen LogP contribution in [0.2, 0.25) is 5.15 Å². The lowest BCUT2D eigenvalue weighted by Gasteiger charge is -2.11. The van der Waals surface area contributed by atoms with E-state index in [1.165, 1.54) is 6.07 Å². The Morgan fingerprint density at radius 3 is 2.68 bits per heavy atom. The van der Waals surface area contributed by atoms with Crippen LogP contribution in [-0.2, 0) is 13.0 Å². The van der Waals surface area contributed by atoms with Crippen LogP contribution in [0.25, 0.3) is 0 Å². The fraction of sp³-hybridized carbons (Fsp3) is 0.286. The molecule has 0 bridgehead atoms. The molecule has 0 aliphatic rings. The molecule has 1 N–H and O–H groups in total. The predicted molar refractivity (Wildman–Crippen MR) is 74.9 cm³/mol. The highest BCUT2D eigenvalue weighted by Gasteiger charge is 2.09. The molecule has 0 saturated heterocycles. The normalized spacial score (nSPS) is 10.5. The smallest absolute Gasteiger partial charge is 0.137 e. The molecule has 2 aromatic rings. The highest BCUT2D eigenvalue weighted by atomic mass is 35.5. The number of anilines is 1. The van der Waals surface area contributed by atoms with Gasteiger partial charge in [-0.3, -0.25) is 0 Å². The zero-order valence-corrected chi connectivity index (χ0v) is 11.6. The minimum Gasteiger partial charge on any atom is -0.366 e. The van der Waals surface area contributed by atoms with Crippen LogP contribution in [0.1, 0.15) is 23.9 Å². The Balaban J connectivity index is 2.20. The Labute approximate surface area is 116 Å². The zero-order valence-electron chi connectivity index (χ0n) is 10.9. The SMILES string of the molecule is CCc1nc(Cl)c(C)c(NCc2ccccc2F)n1. The quantitative estimate of drug-likeness (QED) is 0.866. The second-order valence-corrected chi connectivity index (χ2v) is 4.56. The standard InChI is InChI=1S/C14H15ClFN3/c1-3-12-18-13(15)9(2)14(19-12)17-8-10-6-4-5-7-11(10)16/h4-7H,3,8H2,1-2H3,(H,17,18,19). The van der Waals surface area contributed by atoms with Crippen LogP contribution < -0.4 is 5.32 Å². The summed E-state index contributed by atoms with van der Waals surface area (Å²) in [4.78, 5) is 8.53. The molecule has 0 aliphatic heterocycles. The Morgan fingerprint density at radius 2 is 2.00 bits per heavy atom. The van der Waals surface area contributed by atoms with E-state index < -0.39 is 0 Å². The van der Waals surface area contributed by atoms with Gasteiger partial charge in [0.1, 0.15) is 22.6 Å². The molecule has 3 nitrogen and oxygen atoms in total. The summed E-state index contributed by atoms with van der Waals surface area (Å²) in [5, 5.41) is 3.54. The first kappa shape index (κ1) is 13.7. The van der Waals surface area contributed by atoms with Gasteiger partial charge in [-0.15, -0.1) is 0 Å². The Bertz CT molecular complexity index is 587. The molecule has 0 unspecified atom stereocenters. The number of hydrogen-bond acceptors (Lipinski definition) is 3. The second-order valence-electron chi connectivity index (χ2n) is 4.20. The lowest BCUT2D eigenvalue weighted by molar-refractivity contribution is 0.613. The van der Waals surface area contributed by atoms with Gasteiger partial charge in [0.15, 0.2) is 0 Å². The van der Waals surface area contributed by atoms with Gasteiger partial charge in [-0.2, -0.15) is 0 Å². The van der Waals surface area contributed by atoms with Crippen molar-refractivity contribution in [3.63, 3.8) is 0 Å². The molecule has 1 aromatic heterocycles. The van der Waals surface area contributed by atoms with Crippen molar-refractivity contribution in [2.75, 3.05) is 5.32 Å². The molecule has 5 heteroatoms. The van der Waals surface area contributed by atoms with E-state index in [1.807, 2.05) is 13.8 Å². The Kier molecular flexibility index (Phi) is 4.32. The van der Waals surface area contributed by atoms with Crippen molar-refractivity contribution in [2.45, 2.75) is 26.8 Å². The maximum absolute atomic E-state index is 13.5. The number of hydrogen-bond donors (Lipinski definition) is 1. The van der Waals surface area contributed by atoms with E-state index in [4.69, 9.17) is 11.6 Å². The first-order valence-corrected chi connectivity index (χ1v) is 6.50. The third kappa shape index (κ3) is 3.20. The third-order valence-corrected chi connectivity index (χ3v) is 3.22. The van der Waals surface area contributed by atoms with Gasteiger partial charge >= 0.3 is 0 Å². The van der Waals surface area contributed by atoms with Crippen LogP contribution in [0.3, 0.4) is 0 Å². The monoisotopic (exact) mass is 279 g/mol. The number of benzene rings is 1. The minimum absolute atomic E-state index is 0.233. The number of halogens is 2. The predicted octanol–water partition coefficient (Wildman–Crippen LogP) is 3.75. The highest BCUT2D eigenvalue weighted by molar-refractivity contribution is 6.30. The molecule has 0 atom stereocenters. The molecule has 0 saturated carbocycles. The maximum atomic E-state index is 13.5. The van der Waals surface area contributed by atoms with Crippen LogP contribution in [-0.4, -0.2) is 9.97 Å². The van der Waals surface area contributed by atoms with E-state index in [-0.39, 0.29) is 5.82 Å². The van der Waals surface area contributed by atoms with Crippen molar-refractivity contribution < 1.29 is 4.39 Å². The van der Waals surface area contributed by atoms with Crippen molar-refractivity contribution in [1.82, 2.24) is 9.97 Å². The van der Waals surface area contributed by atoms with Crippen molar-refractivity contribution >= 4 is 17.4 Å². The van der Waals surface area contributed by atoms with E-state index in [0.717, 1.165) is 5.56 Å². The largest absolute Gasteiger partial charge is 0.366 e. The highest BCUT2D eigenvalue weighted by Crippen LogP contribution is 2.21. The summed E-state index contributed by atoms with van der Waals surface area (Å²) in [6, 6.07) is 6.65. The first-order valence-electron chi connectivity index (χ1n) is 6.12. The fourth-order valence-electron chi connectivity index (χ4n) is 1.68. The van der Waals surface area contributed by atoms with Gasteiger partial charge in [0.25, 0.3) is 0 Å². The van der Waals surface area contributed by atoms with Crippen LogP contribution in [0.4, 0.5) is 10.2 Å². The minimum atomic E-state index is -0.233. The fourth-order valence-corrected chi connectivity index (χ4v) is 1.87. The Hall–Kier alpha value is -1.68. The average Bonchev–Trinajstić information content (AvgIpc) is 2.42. The maximum Gasteiger partial charge on any atom is 0.137 e. The number of nitrogens with one attached hydrogen (secondary N) is 1. The summed E-state index contributed by atoms with van der Waals surface area (Å²) in [7, 11) is 0. The summed E-state index contributed by atoms with van der Waals surface area (Å²) in [6.07, 6.45) is 0.703. The summed E-state index contributed by atoms with van der Waals surface area (Å²) in [5.74, 6) is 1.09. The van der Waals surface area contributed by atoms with Crippen molar-refractivity contribution in [1.29, 1.82) is 0 Å². The van der Waals surface area contributed by atoms with E-state index >= 15 is 0 Å². The molecular weight excluding hydrogens is 265 g/mol. The molecule has 0 amide bonds. The number of aryl methyl sites for hydroxylation is 1. The summed E-state index contributed by atoms with van der Waals surface area (Å²) in [5.41, 5.74) is 1.37. The van der Waals surface area contributed by atoms with Crippen molar-refractivity contribution in [2.24, 2.45) is 0 Å². The summed E-state index contributed by atoms with van der Waals surface area (Å²) >= 11 is 6.05. The van der Waals surface area contributed by atoms with Gasteiger partial charge in [-0.25, -0.2) is 14.4 Å². The molecule has 0 radical (unpaired) electrons. The van der Waals surface area contributed by atoms with Gasteiger partial charge in [-0.1, -0.05) is 36.7 Å². The van der Waals surface area contributed by atoms with Gasteiger partial charge < -0.3 is 5.32 Å². The summed E-state index contributed by atoms with van der Waals surface area (Å²) < 4.78 is 13.5. The van der Waals surface area contributed by atoms with Gasteiger partial charge in [0, 0.05) is 24.1 Å². The molecule has 0 fully saturated rings. The molecule has 2 rings (SSSR count). The first-order chi connectivity index (χ1) is 9.11. The van der Waals surface area contributed by atoms with E-state index in [1.54, 1.807) is 18.2 Å². The molecule has 100 valence electrons. The zero-order chi connectivity index (χ0) is 13.8. The lowest BCUT2D eigenvalue weighted by atomic mass is 10.2.